The Balaban J connectivity index is 2.62. The van der Waals surface area contributed by atoms with Crippen molar-refractivity contribution in [1.82, 2.24) is 4.98 Å². The number of hydrogen-bond donors (Lipinski definition) is 2. The van der Waals surface area contributed by atoms with Gasteiger partial charge in [0.2, 0.25) is 0 Å². The lowest BCUT2D eigenvalue weighted by molar-refractivity contribution is 0.209. The smallest absolute Gasteiger partial charge is 0.410 e. The van der Waals surface area contributed by atoms with Crippen LogP contribution >= 0.6 is 11.3 Å². The Morgan fingerprint density at radius 3 is 2.94 bits per heavy atom. The summed E-state index contributed by atoms with van der Waals surface area (Å²) in [5.41, 5.74) is 1.66. The highest BCUT2D eigenvalue weighted by molar-refractivity contribution is 7.22. The summed E-state index contributed by atoms with van der Waals surface area (Å²) in [4.78, 5) is 14.9. The first-order valence-electron chi connectivity index (χ1n) is 5.26. The van der Waals surface area contributed by atoms with Crippen LogP contribution in [-0.2, 0) is 0 Å². The number of thiazole rings is 1. The summed E-state index contributed by atoms with van der Waals surface area (Å²) in [6, 6.07) is 3.74. The van der Waals surface area contributed by atoms with Crippen molar-refractivity contribution >= 4 is 38.9 Å². The Bertz CT molecular complexity index is 619. The maximum atomic E-state index is 10.6. The number of rotatable bonds is 3. The Morgan fingerprint density at radius 2 is 2.33 bits per heavy atom. The highest BCUT2D eigenvalue weighted by atomic mass is 32.1. The Labute approximate surface area is 108 Å². The van der Waals surface area contributed by atoms with Gasteiger partial charge in [0.25, 0.3) is 0 Å². The molecule has 0 aliphatic rings. The molecule has 1 aromatic heterocycles. The molecule has 18 heavy (non-hydrogen) atoms. The maximum Gasteiger partial charge on any atom is 0.410 e. The molecule has 2 rings (SSSR count). The van der Waals surface area contributed by atoms with E-state index in [0.717, 1.165) is 10.3 Å². The second-order valence-electron chi connectivity index (χ2n) is 3.48. The van der Waals surface area contributed by atoms with E-state index in [2.05, 4.69) is 10.3 Å². The van der Waals surface area contributed by atoms with Gasteiger partial charge in [0.15, 0.2) is 5.13 Å². The summed E-state index contributed by atoms with van der Waals surface area (Å²) in [5.74, 6) is 0.632. The molecule has 0 bridgehead atoms. The first kappa shape index (κ1) is 12.4. The number of nitrogens with zero attached hydrogens (tertiary/aromatic N) is 1. The number of ether oxygens (including phenoxy) is 1. The van der Waals surface area contributed by atoms with Gasteiger partial charge in [0.1, 0.15) is 11.3 Å². The molecule has 2 aromatic rings. The fraction of sp³-hybridized carbons (Fsp3) is 0.167. The van der Waals surface area contributed by atoms with Gasteiger partial charge in [-0.2, -0.15) is 0 Å². The SMILES string of the molecule is CC=Cc1ccc(OC)c2nc(NC(=O)O)sc12. The van der Waals surface area contributed by atoms with Crippen LogP contribution in [0, 0.1) is 0 Å². The van der Waals surface area contributed by atoms with E-state index in [1.807, 2.05) is 31.2 Å². The highest BCUT2D eigenvalue weighted by Crippen LogP contribution is 2.35. The van der Waals surface area contributed by atoms with Crippen molar-refractivity contribution in [1.29, 1.82) is 0 Å². The van der Waals surface area contributed by atoms with Crippen LogP contribution < -0.4 is 10.1 Å². The van der Waals surface area contributed by atoms with Crippen molar-refractivity contribution in [3.63, 3.8) is 0 Å². The lowest BCUT2D eigenvalue weighted by Crippen LogP contribution is -2.06. The van der Waals surface area contributed by atoms with Crippen LogP contribution in [0.4, 0.5) is 9.93 Å². The van der Waals surface area contributed by atoms with E-state index in [9.17, 15) is 4.79 Å². The summed E-state index contributed by atoms with van der Waals surface area (Å²) in [5, 5.41) is 11.3. The maximum absolute atomic E-state index is 10.6. The number of fused-ring (bicyclic) bond motifs is 1. The van der Waals surface area contributed by atoms with E-state index in [-0.39, 0.29) is 0 Å². The molecule has 2 N–H and O–H groups in total. The lowest BCUT2D eigenvalue weighted by atomic mass is 10.2. The molecule has 94 valence electrons. The van der Waals surface area contributed by atoms with Gasteiger partial charge in [-0.05, 0) is 24.6 Å². The lowest BCUT2D eigenvalue weighted by Gasteiger charge is -2.01. The van der Waals surface area contributed by atoms with Crippen molar-refractivity contribution in [2.75, 3.05) is 12.4 Å². The predicted octanol–water partition coefficient (Wildman–Crippen LogP) is 3.43. The Hall–Kier alpha value is -2.08. The van der Waals surface area contributed by atoms with Crippen LogP contribution in [0.1, 0.15) is 12.5 Å². The number of carboxylic acid groups (broad SMARTS) is 1. The number of amides is 1. The van der Waals surface area contributed by atoms with Gasteiger partial charge in [0.05, 0.1) is 11.8 Å². The van der Waals surface area contributed by atoms with Crippen molar-refractivity contribution in [3.8, 4) is 5.75 Å². The summed E-state index contributed by atoms with van der Waals surface area (Å²) >= 11 is 1.29. The molecule has 6 heteroatoms. The largest absolute Gasteiger partial charge is 0.494 e. The van der Waals surface area contributed by atoms with E-state index < -0.39 is 6.09 Å². The molecule has 0 aliphatic heterocycles. The van der Waals surface area contributed by atoms with E-state index in [4.69, 9.17) is 9.84 Å². The van der Waals surface area contributed by atoms with Gasteiger partial charge in [-0.1, -0.05) is 23.5 Å². The van der Waals surface area contributed by atoms with Crippen molar-refractivity contribution in [2.45, 2.75) is 6.92 Å². The first-order valence-corrected chi connectivity index (χ1v) is 6.07. The summed E-state index contributed by atoms with van der Waals surface area (Å²) in [6.07, 6.45) is 2.75. The number of anilines is 1. The summed E-state index contributed by atoms with van der Waals surface area (Å²) in [6.45, 7) is 1.92. The van der Waals surface area contributed by atoms with Crippen molar-refractivity contribution in [3.05, 3.63) is 23.8 Å². The minimum absolute atomic E-state index is 0.341. The highest BCUT2D eigenvalue weighted by Gasteiger charge is 2.12. The van der Waals surface area contributed by atoms with Gasteiger partial charge in [-0.15, -0.1) is 0 Å². The first-order chi connectivity index (χ1) is 8.65. The summed E-state index contributed by atoms with van der Waals surface area (Å²) in [7, 11) is 1.56. The zero-order valence-electron chi connectivity index (χ0n) is 9.93. The molecule has 0 radical (unpaired) electrons. The zero-order chi connectivity index (χ0) is 13.1. The van der Waals surface area contributed by atoms with Gasteiger partial charge in [-0.25, -0.2) is 9.78 Å². The second kappa shape index (κ2) is 5.05. The number of benzene rings is 1. The van der Waals surface area contributed by atoms with Crippen LogP contribution in [0.3, 0.4) is 0 Å². The number of methoxy groups -OCH3 is 1. The average molecular weight is 264 g/mol. The minimum Gasteiger partial charge on any atom is -0.494 e. The third kappa shape index (κ3) is 2.28. The van der Waals surface area contributed by atoms with Crippen LogP contribution in [0.25, 0.3) is 16.3 Å². The number of nitrogens with one attached hydrogen (secondary N) is 1. The number of aromatic nitrogens is 1. The molecular weight excluding hydrogens is 252 g/mol. The third-order valence-electron chi connectivity index (χ3n) is 2.32. The molecule has 1 aromatic carbocycles. The van der Waals surface area contributed by atoms with Gasteiger partial charge in [0, 0.05) is 0 Å². The molecule has 0 aliphatic carbocycles. The monoisotopic (exact) mass is 264 g/mol. The fourth-order valence-corrected chi connectivity index (χ4v) is 2.59. The molecule has 0 saturated carbocycles. The molecule has 1 amide bonds. The van der Waals surface area contributed by atoms with Crippen LogP contribution in [0.15, 0.2) is 18.2 Å². The molecule has 0 fully saturated rings. The molecule has 0 unspecified atom stereocenters. The van der Waals surface area contributed by atoms with E-state index in [1.54, 1.807) is 7.11 Å². The Morgan fingerprint density at radius 1 is 1.56 bits per heavy atom. The molecule has 5 nitrogen and oxygen atoms in total. The fourth-order valence-electron chi connectivity index (χ4n) is 1.62. The quantitative estimate of drug-likeness (QED) is 0.891. The normalized spacial score (nSPS) is 11.0. The molecule has 0 atom stereocenters. The zero-order valence-corrected chi connectivity index (χ0v) is 10.7. The third-order valence-corrected chi connectivity index (χ3v) is 3.34. The number of allylic oxidation sites excluding steroid dienone is 1. The van der Waals surface area contributed by atoms with Crippen molar-refractivity contribution < 1.29 is 14.6 Å². The van der Waals surface area contributed by atoms with Gasteiger partial charge < -0.3 is 9.84 Å². The minimum atomic E-state index is -1.12. The second-order valence-corrected chi connectivity index (χ2v) is 4.48. The van der Waals surface area contributed by atoms with Crippen molar-refractivity contribution in [2.24, 2.45) is 0 Å². The van der Waals surface area contributed by atoms with Gasteiger partial charge >= 0.3 is 6.09 Å². The van der Waals surface area contributed by atoms with Crippen LogP contribution in [0.5, 0.6) is 5.75 Å². The summed E-state index contributed by atoms with van der Waals surface area (Å²) < 4.78 is 6.12. The predicted molar refractivity (Wildman–Crippen MR) is 72.5 cm³/mol. The molecule has 0 saturated heterocycles. The average Bonchev–Trinajstić information content (AvgIpc) is 2.72. The van der Waals surface area contributed by atoms with Gasteiger partial charge in [-0.3, -0.25) is 5.32 Å². The molecular formula is C12H12N2O3S. The van der Waals surface area contributed by atoms with E-state index in [1.165, 1.54) is 11.3 Å². The Kier molecular flexibility index (Phi) is 3.47. The van der Waals surface area contributed by atoms with Crippen LogP contribution in [0.2, 0.25) is 0 Å². The molecule has 1 heterocycles. The standard InChI is InChI=1S/C12H12N2O3S/c1-3-4-7-5-6-8(17-2)9-10(7)18-11(13-9)14-12(15)16/h3-6H,1-2H3,(H,13,14)(H,15,16). The molecule has 0 spiro atoms. The number of carbonyl (C=O) groups is 1. The van der Waals surface area contributed by atoms with Crippen LogP contribution in [-0.4, -0.2) is 23.3 Å². The topological polar surface area (TPSA) is 71.5 Å². The number of hydrogen-bond acceptors (Lipinski definition) is 4. The van der Waals surface area contributed by atoms with E-state index in [0.29, 0.717) is 16.4 Å². The van der Waals surface area contributed by atoms with E-state index >= 15 is 0 Å².